The van der Waals surface area contributed by atoms with E-state index in [9.17, 15) is 9.59 Å². The van der Waals surface area contributed by atoms with Gasteiger partial charge in [0.15, 0.2) is 0 Å². The molecule has 0 aromatic carbocycles. The molecule has 3 N–H and O–H groups in total. The molecule has 2 rings (SSSR count). The summed E-state index contributed by atoms with van der Waals surface area (Å²) in [5.74, 6) is -0.424. The van der Waals surface area contributed by atoms with Crippen molar-refractivity contribution in [3.8, 4) is 0 Å². The number of rotatable bonds is 2. The van der Waals surface area contributed by atoms with Crippen molar-refractivity contribution < 1.29 is 9.59 Å². The van der Waals surface area contributed by atoms with Crippen LogP contribution < -0.4 is 10.6 Å². The van der Waals surface area contributed by atoms with Gasteiger partial charge in [-0.1, -0.05) is 11.6 Å². The molecule has 1 saturated heterocycles. The number of H-pyrrole nitrogens is 1. The van der Waals surface area contributed by atoms with Crippen molar-refractivity contribution in [3.05, 3.63) is 23.0 Å². The summed E-state index contributed by atoms with van der Waals surface area (Å²) in [6.07, 6.45) is 4.08. The molecule has 1 atom stereocenters. The van der Waals surface area contributed by atoms with E-state index >= 15 is 0 Å². The molecular formula is C11H14ClN3O2. The molecule has 2 heterocycles. The predicted molar refractivity (Wildman–Crippen MR) is 63.9 cm³/mol. The van der Waals surface area contributed by atoms with Gasteiger partial charge in [-0.15, -0.1) is 0 Å². The molecule has 92 valence electrons. The fourth-order valence-corrected chi connectivity index (χ4v) is 1.98. The van der Waals surface area contributed by atoms with Crippen LogP contribution >= 0.6 is 11.6 Å². The van der Waals surface area contributed by atoms with Crippen LogP contribution in [0.2, 0.25) is 5.02 Å². The Balaban J connectivity index is 1.99. The molecule has 0 aliphatic carbocycles. The molecule has 0 radical (unpaired) electrons. The summed E-state index contributed by atoms with van der Waals surface area (Å²) in [5.41, 5.74) is 0.368. The van der Waals surface area contributed by atoms with Crippen LogP contribution in [0.25, 0.3) is 0 Å². The summed E-state index contributed by atoms with van der Waals surface area (Å²) in [6.45, 7) is 0.680. The highest BCUT2D eigenvalue weighted by atomic mass is 35.5. The van der Waals surface area contributed by atoms with Gasteiger partial charge in [0, 0.05) is 12.7 Å². The van der Waals surface area contributed by atoms with E-state index in [1.165, 1.54) is 12.3 Å². The van der Waals surface area contributed by atoms with E-state index < -0.39 is 6.04 Å². The van der Waals surface area contributed by atoms with Gasteiger partial charge in [0.1, 0.15) is 11.7 Å². The lowest BCUT2D eigenvalue weighted by Crippen LogP contribution is -2.45. The van der Waals surface area contributed by atoms with Crippen molar-refractivity contribution in [2.45, 2.75) is 25.3 Å². The number of nitrogens with one attached hydrogen (secondary N) is 3. The number of aromatic amines is 1. The van der Waals surface area contributed by atoms with E-state index in [1.54, 1.807) is 0 Å². The first-order valence-electron chi connectivity index (χ1n) is 5.59. The van der Waals surface area contributed by atoms with E-state index in [2.05, 4.69) is 15.6 Å². The van der Waals surface area contributed by atoms with Crippen LogP contribution in [0.1, 0.15) is 29.8 Å². The molecule has 0 saturated carbocycles. The zero-order valence-electron chi connectivity index (χ0n) is 9.25. The Morgan fingerprint density at radius 1 is 1.47 bits per heavy atom. The third kappa shape index (κ3) is 3.00. The molecule has 6 heteroatoms. The van der Waals surface area contributed by atoms with Crippen molar-refractivity contribution in [2.75, 3.05) is 6.54 Å². The second-order valence-corrected chi connectivity index (χ2v) is 4.48. The van der Waals surface area contributed by atoms with Crippen molar-refractivity contribution in [3.63, 3.8) is 0 Å². The van der Waals surface area contributed by atoms with Gasteiger partial charge in [-0.2, -0.15) is 0 Å². The smallest absolute Gasteiger partial charge is 0.268 e. The lowest BCUT2D eigenvalue weighted by molar-refractivity contribution is -0.122. The van der Waals surface area contributed by atoms with Gasteiger partial charge < -0.3 is 15.6 Å². The average molecular weight is 256 g/mol. The second kappa shape index (κ2) is 5.23. The number of carbonyl (C=O) groups is 2. The molecule has 1 aromatic heterocycles. The molecule has 1 aliphatic rings. The van der Waals surface area contributed by atoms with Gasteiger partial charge in [-0.3, -0.25) is 9.59 Å². The number of aromatic nitrogens is 1. The Morgan fingerprint density at radius 3 is 3.00 bits per heavy atom. The largest absolute Gasteiger partial charge is 0.356 e. The molecule has 5 nitrogen and oxygen atoms in total. The Labute approximate surface area is 104 Å². The maximum absolute atomic E-state index is 11.8. The van der Waals surface area contributed by atoms with Crippen LogP contribution in [-0.2, 0) is 4.79 Å². The van der Waals surface area contributed by atoms with Crippen LogP contribution in [-0.4, -0.2) is 29.4 Å². The van der Waals surface area contributed by atoms with Crippen LogP contribution in [0.15, 0.2) is 12.3 Å². The van der Waals surface area contributed by atoms with Crippen molar-refractivity contribution in [1.29, 1.82) is 0 Å². The van der Waals surface area contributed by atoms with Gasteiger partial charge >= 0.3 is 0 Å². The Bertz CT molecular complexity index is 430. The van der Waals surface area contributed by atoms with Crippen LogP contribution in [0, 0.1) is 0 Å². The first kappa shape index (κ1) is 12.0. The predicted octanol–water partition coefficient (Wildman–Crippen LogP) is 1.07. The number of carbonyl (C=O) groups excluding carboxylic acids is 2. The zero-order valence-corrected chi connectivity index (χ0v) is 10.0. The SMILES string of the molecule is O=C(N[C@H]1CCCCNC1=O)c1cc(Cl)c[nH]1. The molecule has 1 aromatic rings. The molecule has 2 amide bonds. The summed E-state index contributed by atoms with van der Waals surface area (Å²) in [4.78, 5) is 26.2. The minimum Gasteiger partial charge on any atom is -0.356 e. The normalized spacial score (nSPS) is 20.5. The summed E-state index contributed by atoms with van der Waals surface area (Å²) in [5, 5.41) is 5.94. The molecule has 17 heavy (non-hydrogen) atoms. The number of halogens is 1. The van der Waals surface area contributed by atoms with E-state index in [4.69, 9.17) is 11.6 Å². The summed E-state index contributed by atoms with van der Waals surface area (Å²) < 4.78 is 0. The maximum atomic E-state index is 11.8. The summed E-state index contributed by atoms with van der Waals surface area (Å²) in [7, 11) is 0. The van der Waals surface area contributed by atoms with Crippen LogP contribution in [0.5, 0.6) is 0 Å². The van der Waals surface area contributed by atoms with Crippen LogP contribution in [0.4, 0.5) is 0 Å². The van der Waals surface area contributed by atoms with Gasteiger partial charge in [0.25, 0.3) is 5.91 Å². The highest BCUT2D eigenvalue weighted by Gasteiger charge is 2.23. The first-order chi connectivity index (χ1) is 8.16. The average Bonchev–Trinajstić information content (AvgIpc) is 2.63. The quantitative estimate of drug-likeness (QED) is 0.740. The highest BCUT2D eigenvalue weighted by Crippen LogP contribution is 2.11. The van der Waals surface area contributed by atoms with Crippen molar-refractivity contribution in [1.82, 2.24) is 15.6 Å². The second-order valence-electron chi connectivity index (χ2n) is 4.04. The minimum absolute atomic E-state index is 0.117. The van der Waals surface area contributed by atoms with E-state index in [-0.39, 0.29) is 11.8 Å². The Kier molecular flexibility index (Phi) is 3.68. The summed E-state index contributed by atoms with van der Waals surface area (Å²) >= 11 is 5.71. The summed E-state index contributed by atoms with van der Waals surface area (Å²) in [6, 6.07) is 1.08. The van der Waals surface area contributed by atoms with E-state index in [0.717, 1.165) is 12.8 Å². The highest BCUT2D eigenvalue weighted by molar-refractivity contribution is 6.31. The molecule has 0 spiro atoms. The standard InChI is InChI=1S/C11H14ClN3O2/c12-7-5-9(14-6-7)11(17)15-8-3-1-2-4-13-10(8)16/h5-6,8,14H,1-4H2,(H,13,16)(H,15,17)/t8-/m0/s1. The molecule has 0 bridgehead atoms. The molecule has 1 fully saturated rings. The fourth-order valence-electron chi connectivity index (χ4n) is 1.81. The van der Waals surface area contributed by atoms with Crippen molar-refractivity contribution in [2.24, 2.45) is 0 Å². The fraction of sp³-hybridized carbons (Fsp3) is 0.455. The third-order valence-corrected chi connectivity index (χ3v) is 2.95. The van der Waals surface area contributed by atoms with E-state index in [1.807, 2.05) is 0 Å². The lowest BCUT2D eigenvalue weighted by atomic mass is 10.1. The Morgan fingerprint density at radius 2 is 2.29 bits per heavy atom. The van der Waals surface area contributed by atoms with Crippen molar-refractivity contribution >= 4 is 23.4 Å². The first-order valence-corrected chi connectivity index (χ1v) is 5.97. The Hall–Kier alpha value is -1.49. The van der Waals surface area contributed by atoms with Gasteiger partial charge in [-0.25, -0.2) is 0 Å². The molecular weight excluding hydrogens is 242 g/mol. The molecule has 0 unspecified atom stereocenters. The number of hydrogen-bond acceptors (Lipinski definition) is 2. The number of amides is 2. The third-order valence-electron chi connectivity index (χ3n) is 2.73. The van der Waals surface area contributed by atoms with Gasteiger partial charge in [-0.05, 0) is 25.3 Å². The number of hydrogen-bond donors (Lipinski definition) is 3. The molecule has 1 aliphatic heterocycles. The topological polar surface area (TPSA) is 74.0 Å². The minimum atomic E-state index is -0.452. The van der Waals surface area contributed by atoms with E-state index in [0.29, 0.717) is 23.7 Å². The maximum Gasteiger partial charge on any atom is 0.268 e. The zero-order chi connectivity index (χ0) is 12.3. The lowest BCUT2D eigenvalue weighted by Gasteiger charge is -2.14. The van der Waals surface area contributed by atoms with Gasteiger partial charge in [0.05, 0.1) is 5.02 Å². The van der Waals surface area contributed by atoms with Crippen LogP contribution in [0.3, 0.4) is 0 Å². The monoisotopic (exact) mass is 255 g/mol. The van der Waals surface area contributed by atoms with Gasteiger partial charge in [0.2, 0.25) is 5.91 Å².